The van der Waals surface area contributed by atoms with Crippen molar-refractivity contribution < 1.29 is 13.7 Å². The van der Waals surface area contributed by atoms with Gasteiger partial charge in [-0.05, 0) is 31.2 Å². The van der Waals surface area contributed by atoms with Gasteiger partial charge in [-0.3, -0.25) is 0 Å². The van der Waals surface area contributed by atoms with E-state index in [4.69, 9.17) is 0 Å². The van der Waals surface area contributed by atoms with Crippen LogP contribution in [0.4, 0.5) is 5.69 Å². The summed E-state index contributed by atoms with van der Waals surface area (Å²) in [4.78, 5) is 11.9. The molecule has 0 fully saturated rings. The van der Waals surface area contributed by atoms with E-state index in [1.54, 1.807) is 18.4 Å². The van der Waals surface area contributed by atoms with Gasteiger partial charge in [0.2, 0.25) is 0 Å². The Balaban J connectivity index is 2.46. The smallest absolute Gasteiger partial charge is 0.330 e. The predicted octanol–water partition coefficient (Wildman–Crippen LogP) is 3.97. The van der Waals surface area contributed by atoms with Gasteiger partial charge in [0.05, 0.1) is 22.5 Å². The van der Waals surface area contributed by atoms with Crippen LogP contribution in [0.5, 0.6) is 0 Å². The zero-order chi connectivity index (χ0) is 16.9. The van der Waals surface area contributed by atoms with Gasteiger partial charge in [-0.15, -0.1) is 0 Å². The molecule has 23 heavy (non-hydrogen) atoms. The number of methoxy groups -OCH3 is 1. The first kappa shape index (κ1) is 17.0. The Morgan fingerprint density at radius 3 is 2.43 bits per heavy atom. The number of hydrogen-bond donors (Lipinski definition) is 0. The van der Waals surface area contributed by atoms with E-state index >= 15 is 0 Å². The minimum Gasteiger partial charge on any atom is -0.466 e. The molecule has 1 atom stereocenters. The number of ether oxygens (including phenoxy) is 1. The number of esters is 1. The van der Waals surface area contributed by atoms with Crippen LogP contribution in [-0.4, -0.2) is 23.5 Å². The normalized spacial score (nSPS) is 13.5. The number of benzene rings is 2. The van der Waals surface area contributed by atoms with Crippen molar-refractivity contribution in [2.24, 2.45) is 4.36 Å². The molecule has 1 unspecified atom stereocenters. The van der Waals surface area contributed by atoms with E-state index in [-0.39, 0.29) is 0 Å². The lowest BCUT2D eigenvalue weighted by atomic mass is 10.2. The fourth-order valence-corrected chi connectivity index (χ4v) is 3.26. The quantitative estimate of drug-likeness (QED) is 0.630. The van der Waals surface area contributed by atoms with Gasteiger partial charge in [0.15, 0.2) is 0 Å². The third kappa shape index (κ3) is 4.53. The maximum Gasteiger partial charge on any atom is 0.330 e. The predicted molar refractivity (Wildman–Crippen MR) is 93.1 cm³/mol. The van der Waals surface area contributed by atoms with E-state index in [1.165, 1.54) is 13.2 Å². The SMILES string of the molecule is COC(=O)C=Cc1ccccc1N=S(C)(=O)c1ccc(C)cc1. The zero-order valence-electron chi connectivity index (χ0n) is 13.4. The molecule has 4 nitrogen and oxygen atoms in total. The molecule has 0 bridgehead atoms. The number of nitrogens with zero attached hydrogens (tertiary/aromatic N) is 1. The maximum absolute atomic E-state index is 12.9. The standard InChI is InChI=1S/C18H19NO3S/c1-14-8-11-16(12-9-14)23(3,21)19-17-7-5-4-6-15(17)10-13-18(20)22-2/h4-13H,1-3H3. The fraction of sp³-hybridized carbons (Fsp3) is 0.167. The molecule has 0 spiro atoms. The van der Waals surface area contributed by atoms with Crippen LogP contribution in [0.15, 0.2) is 63.9 Å². The first-order valence-electron chi connectivity index (χ1n) is 7.06. The van der Waals surface area contributed by atoms with Crippen LogP contribution in [0.2, 0.25) is 0 Å². The average Bonchev–Trinajstić information content (AvgIpc) is 2.53. The summed E-state index contributed by atoms with van der Waals surface area (Å²) < 4.78 is 21.9. The van der Waals surface area contributed by atoms with Gasteiger partial charge in [-0.25, -0.2) is 9.00 Å². The molecule has 0 aliphatic carbocycles. The summed E-state index contributed by atoms with van der Waals surface area (Å²) in [5, 5.41) is 0. The summed E-state index contributed by atoms with van der Waals surface area (Å²) in [7, 11) is -1.25. The minimum atomic E-state index is -2.57. The van der Waals surface area contributed by atoms with Crippen molar-refractivity contribution in [3.05, 3.63) is 65.7 Å². The van der Waals surface area contributed by atoms with Crippen LogP contribution in [0.1, 0.15) is 11.1 Å². The Hall–Kier alpha value is -2.40. The molecule has 0 N–H and O–H groups in total. The van der Waals surface area contributed by atoms with Crippen LogP contribution >= 0.6 is 0 Å². The molecular weight excluding hydrogens is 310 g/mol. The Labute approximate surface area is 137 Å². The lowest BCUT2D eigenvalue weighted by Crippen LogP contribution is -1.97. The van der Waals surface area contributed by atoms with Crippen molar-refractivity contribution in [3.63, 3.8) is 0 Å². The lowest BCUT2D eigenvalue weighted by molar-refractivity contribution is -0.134. The highest BCUT2D eigenvalue weighted by molar-refractivity contribution is 7.93. The first-order chi connectivity index (χ1) is 10.9. The summed E-state index contributed by atoms with van der Waals surface area (Å²) in [6.07, 6.45) is 4.53. The molecule has 0 aromatic heterocycles. The van der Waals surface area contributed by atoms with E-state index in [0.717, 1.165) is 5.56 Å². The van der Waals surface area contributed by atoms with Gasteiger partial charge in [-0.2, -0.15) is 4.36 Å². The fourth-order valence-electron chi connectivity index (χ4n) is 1.97. The van der Waals surface area contributed by atoms with Gasteiger partial charge in [0, 0.05) is 22.8 Å². The van der Waals surface area contributed by atoms with Gasteiger partial charge >= 0.3 is 5.97 Å². The summed E-state index contributed by atoms with van der Waals surface area (Å²) in [6.45, 7) is 1.98. The van der Waals surface area contributed by atoms with Gasteiger partial charge in [-0.1, -0.05) is 35.9 Å². The second kappa shape index (κ2) is 7.24. The molecule has 120 valence electrons. The number of hydrogen-bond acceptors (Lipinski definition) is 4. The zero-order valence-corrected chi connectivity index (χ0v) is 14.2. The maximum atomic E-state index is 12.9. The van der Waals surface area contributed by atoms with Crippen LogP contribution in [0.3, 0.4) is 0 Å². The largest absolute Gasteiger partial charge is 0.466 e. The Kier molecular flexibility index (Phi) is 5.34. The summed E-state index contributed by atoms with van der Waals surface area (Å²) in [5.74, 6) is -0.449. The number of carbonyl (C=O) groups excluding carboxylic acids is 1. The highest BCUT2D eigenvalue weighted by atomic mass is 32.2. The van der Waals surface area contributed by atoms with Crippen molar-refractivity contribution in [2.45, 2.75) is 11.8 Å². The van der Waals surface area contributed by atoms with Crippen LogP contribution in [0, 0.1) is 6.92 Å². The van der Waals surface area contributed by atoms with Crippen LogP contribution in [0.25, 0.3) is 6.08 Å². The molecule has 0 saturated heterocycles. The number of aryl methyl sites for hydroxylation is 1. The Morgan fingerprint density at radius 2 is 1.78 bits per heavy atom. The van der Waals surface area contributed by atoms with Gasteiger partial charge in [0.1, 0.15) is 0 Å². The highest BCUT2D eigenvalue weighted by Gasteiger charge is 2.07. The molecular formula is C18H19NO3S. The van der Waals surface area contributed by atoms with Crippen LogP contribution in [-0.2, 0) is 19.3 Å². The highest BCUT2D eigenvalue weighted by Crippen LogP contribution is 2.24. The van der Waals surface area contributed by atoms with E-state index < -0.39 is 15.7 Å². The van der Waals surface area contributed by atoms with E-state index in [9.17, 15) is 9.00 Å². The summed E-state index contributed by atoms with van der Waals surface area (Å²) in [6, 6.07) is 14.7. The van der Waals surface area contributed by atoms with Crippen molar-refractivity contribution in [2.75, 3.05) is 13.4 Å². The number of carbonyl (C=O) groups is 1. The molecule has 0 amide bonds. The molecule has 0 aliphatic rings. The number of rotatable bonds is 4. The van der Waals surface area contributed by atoms with Crippen molar-refractivity contribution >= 4 is 27.5 Å². The molecule has 0 radical (unpaired) electrons. The van der Waals surface area contributed by atoms with E-state index in [2.05, 4.69) is 9.10 Å². The lowest BCUT2D eigenvalue weighted by Gasteiger charge is -2.07. The van der Waals surface area contributed by atoms with Crippen molar-refractivity contribution in [3.8, 4) is 0 Å². The molecule has 0 heterocycles. The molecule has 2 rings (SSSR count). The summed E-state index contributed by atoms with van der Waals surface area (Å²) in [5.41, 5.74) is 2.38. The molecule has 2 aromatic carbocycles. The third-order valence-electron chi connectivity index (χ3n) is 3.27. The first-order valence-corrected chi connectivity index (χ1v) is 8.98. The average molecular weight is 329 g/mol. The molecule has 0 aliphatic heterocycles. The van der Waals surface area contributed by atoms with Crippen molar-refractivity contribution in [1.82, 2.24) is 0 Å². The Morgan fingerprint density at radius 1 is 1.13 bits per heavy atom. The molecule has 0 saturated carbocycles. The molecule has 2 aromatic rings. The second-order valence-corrected chi connectivity index (χ2v) is 7.38. The van der Waals surface area contributed by atoms with E-state index in [0.29, 0.717) is 16.1 Å². The molecule has 5 heteroatoms. The summed E-state index contributed by atoms with van der Waals surface area (Å²) >= 11 is 0. The monoisotopic (exact) mass is 329 g/mol. The van der Waals surface area contributed by atoms with Gasteiger partial charge < -0.3 is 4.74 Å². The van der Waals surface area contributed by atoms with Gasteiger partial charge in [0.25, 0.3) is 0 Å². The van der Waals surface area contributed by atoms with Crippen LogP contribution < -0.4 is 0 Å². The minimum absolute atomic E-state index is 0.449. The van der Waals surface area contributed by atoms with E-state index in [1.807, 2.05) is 49.4 Å². The third-order valence-corrected chi connectivity index (χ3v) is 4.96. The second-order valence-electron chi connectivity index (χ2n) is 5.12. The Bertz CT molecular complexity index is 845. The topological polar surface area (TPSA) is 55.7 Å². The van der Waals surface area contributed by atoms with Crippen molar-refractivity contribution in [1.29, 1.82) is 0 Å².